The fourth-order valence-corrected chi connectivity index (χ4v) is 10.2. The Morgan fingerprint density at radius 3 is 1.95 bits per heavy atom. The predicted octanol–water partition coefficient (Wildman–Crippen LogP) is 9.75. The summed E-state index contributed by atoms with van der Waals surface area (Å²) < 4.78 is 0. The van der Waals surface area contributed by atoms with Crippen LogP contribution in [0.15, 0.2) is 91.0 Å². The normalized spacial score (nSPS) is 23.8. The third-order valence-corrected chi connectivity index (χ3v) is 12.5. The number of nitrogens with one attached hydrogen (secondary N) is 4. The molecule has 4 N–H and O–H groups in total. The van der Waals surface area contributed by atoms with E-state index in [4.69, 9.17) is 0 Å². The van der Waals surface area contributed by atoms with Crippen molar-refractivity contribution in [2.45, 2.75) is 96.6 Å². The molecule has 0 aromatic heterocycles. The summed E-state index contributed by atoms with van der Waals surface area (Å²) in [6.07, 6.45) is 12.5. The molecule has 6 rings (SSSR count). The number of carbonyl (C=O) groups is 3. The Balaban J connectivity index is 1.15. The van der Waals surface area contributed by atoms with Crippen molar-refractivity contribution in [1.29, 1.82) is 0 Å². The van der Waals surface area contributed by atoms with E-state index >= 15 is 0 Å². The van der Waals surface area contributed by atoms with Crippen molar-refractivity contribution in [3.05, 3.63) is 91.0 Å². The molecule has 2 aliphatic carbocycles. The molecule has 1 aliphatic heterocycles. The minimum atomic E-state index is -0.301. The van der Waals surface area contributed by atoms with Crippen LogP contribution in [0.25, 0.3) is 0 Å². The van der Waals surface area contributed by atoms with E-state index in [-0.39, 0.29) is 30.2 Å². The van der Waals surface area contributed by atoms with Crippen LogP contribution in [0.2, 0.25) is 0 Å². The zero-order chi connectivity index (χ0) is 39.3. The first-order valence-electron chi connectivity index (χ1n) is 21.2. The first kappa shape index (κ1) is 41.1. The van der Waals surface area contributed by atoms with Crippen LogP contribution in [0.5, 0.6) is 0 Å². The second kappa shape index (κ2) is 20.0. The maximum absolute atomic E-state index is 14.4. The zero-order valence-corrected chi connectivity index (χ0v) is 33.9. The van der Waals surface area contributed by atoms with Gasteiger partial charge in [-0.2, -0.15) is 0 Å². The number of carbonyl (C=O) groups excluding carboxylic acids is 3. The highest BCUT2D eigenvalue weighted by Crippen LogP contribution is 2.54. The molecule has 2 saturated carbocycles. The topological polar surface area (TPSA) is 109 Å². The van der Waals surface area contributed by atoms with Crippen LogP contribution in [0.1, 0.15) is 84.5 Å². The molecule has 0 radical (unpaired) electrons. The van der Waals surface area contributed by atoms with Gasteiger partial charge in [0.1, 0.15) is 0 Å². The van der Waals surface area contributed by atoms with E-state index in [1.54, 1.807) is 11.9 Å². The van der Waals surface area contributed by atoms with Crippen molar-refractivity contribution >= 4 is 35.2 Å². The second-order valence-corrected chi connectivity index (χ2v) is 17.3. The largest absolute Gasteiger partial charge is 0.336 e. The fourth-order valence-electron chi connectivity index (χ4n) is 10.2. The van der Waals surface area contributed by atoms with Crippen LogP contribution in [0.4, 0.5) is 31.4 Å². The fraction of sp³-hybridized carbons (Fsp3) is 0.543. The molecule has 3 fully saturated rings. The monoisotopic (exact) mass is 764 g/mol. The van der Waals surface area contributed by atoms with E-state index in [0.717, 1.165) is 67.9 Å². The summed E-state index contributed by atoms with van der Waals surface area (Å²) in [6, 6.07) is 27.9. The highest BCUT2D eigenvalue weighted by Gasteiger charge is 2.44. The highest BCUT2D eigenvalue weighted by molar-refractivity contribution is 5.91. The predicted molar refractivity (Wildman–Crippen MR) is 228 cm³/mol. The Hall–Kier alpha value is -4.57. The molecule has 56 heavy (non-hydrogen) atoms. The minimum Gasteiger partial charge on any atom is -0.336 e. The second-order valence-electron chi connectivity index (χ2n) is 17.3. The molecule has 2 unspecified atom stereocenters. The average Bonchev–Trinajstić information content (AvgIpc) is 3.63. The molecule has 3 aromatic rings. The lowest BCUT2D eigenvalue weighted by atomic mass is 9.55. The Morgan fingerprint density at radius 1 is 0.768 bits per heavy atom. The van der Waals surface area contributed by atoms with Crippen molar-refractivity contribution in [2.24, 2.45) is 23.2 Å². The van der Waals surface area contributed by atoms with Gasteiger partial charge in [0.05, 0.1) is 6.04 Å². The number of para-hydroxylation sites is 3. The van der Waals surface area contributed by atoms with Gasteiger partial charge in [-0.1, -0.05) is 68.4 Å². The Labute approximate surface area is 335 Å². The quantitative estimate of drug-likeness (QED) is 0.109. The minimum absolute atomic E-state index is 0.152. The molecule has 1 heterocycles. The van der Waals surface area contributed by atoms with Gasteiger partial charge < -0.3 is 31.1 Å². The van der Waals surface area contributed by atoms with Gasteiger partial charge >= 0.3 is 18.1 Å². The van der Waals surface area contributed by atoms with Gasteiger partial charge in [0.15, 0.2) is 0 Å². The summed E-state index contributed by atoms with van der Waals surface area (Å²) in [4.78, 5) is 46.9. The van der Waals surface area contributed by atoms with E-state index in [1.807, 2.05) is 95.9 Å². The van der Waals surface area contributed by atoms with Crippen molar-refractivity contribution in [3.8, 4) is 0 Å². The molecular weight excluding hydrogens is 699 g/mol. The van der Waals surface area contributed by atoms with Gasteiger partial charge in [-0.15, -0.1) is 0 Å². The average molecular weight is 764 g/mol. The molecular formula is C46H65N7O3. The van der Waals surface area contributed by atoms with Gasteiger partial charge in [0.25, 0.3) is 0 Å². The molecule has 1 saturated heterocycles. The van der Waals surface area contributed by atoms with Crippen LogP contribution in [-0.4, -0.2) is 84.6 Å². The van der Waals surface area contributed by atoms with E-state index in [0.29, 0.717) is 37.2 Å². The van der Waals surface area contributed by atoms with Gasteiger partial charge in [-0.05, 0) is 143 Å². The Morgan fingerprint density at radius 2 is 1.34 bits per heavy atom. The summed E-state index contributed by atoms with van der Waals surface area (Å²) in [5.74, 6) is 2.48. The van der Waals surface area contributed by atoms with Crippen molar-refractivity contribution < 1.29 is 14.4 Å². The molecule has 0 spiro atoms. The first-order chi connectivity index (χ1) is 27.1. The number of hydrogen-bond acceptors (Lipinski definition) is 4. The van der Waals surface area contributed by atoms with Crippen LogP contribution < -0.4 is 21.3 Å². The lowest BCUT2D eigenvalue weighted by Gasteiger charge is -2.51. The third kappa shape index (κ3) is 12.0. The maximum atomic E-state index is 14.4. The number of unbranched alkanes of at least 4 members (excludes halogenated alkanes) is 1. The zero-order valence-electron chi connectivity index (χ0n) is 33.9. The summed E-state index contributed by atoms with van der Waals surface area (Å²) in [5, 5.41) is 12.2. The summed E-state index contributed by atoms with van der Waals surface area (Å²) in [6.45, 7) is 8.52. The molecule has 10 nitrogen and oxygen atoms in total. The lowest BCUT2D eigenvalue weighted by Crippen LogP contribution is -2.53. The van der Waals surface area contributed by atoms with Gasteiger partial charge in [0.2, 0.25) is 0 Å². The summed E-state index contributed by atoms with van der Waals surface area (Å²) >= 11 is 0. The van der Waals surface area contributed by atoms with E-state index in [2.05, 4.69) is 40.0 Å². The smallest absolute Gasteiger partial charge is 0.322 e. The van der Waals surface area contributed by atoms with Crippen molar-refractivity contribution in [1.82, 2.24) is 20.0 Å². The number of urea groups is 3. The first-order valence-corrected chi connectivity index (χ1v) is 21.2. The number of likely N-dealkylation sites (tertiary alicyclic amines) is 1. The standard InChI is InChI=1S/C46H65N7O3/c1-35-28-37-29-36(2)31-46(30-35,32-37)24-27-52-26-15-23-42(52)34-53(45(56)50-40-20-11-6-12-21-40)41(33-47-43(54)48-38-16-7-4-8-17-38)22-13-14-25-51(3)44(55)49-39-18-9-5-10-19-39/h4-12,16-21,35-37,41-42H,13-15,22-34H2,1-3H3,(H,49,55)(H,50,56)(H2,47,48,54)/t35-,36?,37?,41+,42+,46+/m0/s1. The molecule has 6 atom stereocenters. The molecule has 10 heteroatoms. The van der Waals surface area contributed by atoms with E-state index in [9.17, 15) is 14.4 Å². The number of rotatable bonds is 16. The maximum Gasteiger partial charge on any atom is 0.322 e. The summed E-state index contributed by atoms with van der Waals surface area (Å²) in [7, 11) is 1.81. The lowest BCUT2D eigenvalue weighted by molar-refractivity contribution is 0.00236. The van der Waals surface area contributed by atoms with Crippen LogP contribution >= 0.6 is 0 Å². The number of amides is 6. The summed E-state index contributed by atoms with van der Waals surface area (Å²) in [5.41, 5.74) is 2.66. The van der Waals surface area contributed by atoms with Crippen molar-refractivity contribution in [2.75, 3.05) is 55.7 Å². The van der Waals surface area contributed by atoms with Crippen LogP contribution in [0, 0.1) is 23.2 Å². The highest BCUT2D eigenvalue weighted by atomic mass is 16.2. The molecule has 302 valence electrons. The number of anilines is 3. The SMILES string of the molecule is CC1CC2C[C@H](C)C[C@](CCN3CCC[C@@H]3CN(C(=O)Nc3ccccc3)[C@H](CCCCN(C)C(=O)Nc3ccccc3)CNC(=O)Nc3ccccc3)(C1)C2. The number of benzene rings is 3. The third-order valence-electron chi connectivity index (χ3n) is 12.5. The van der Waals surface area contributed by atoms with E-state index in [1.165, 1.54) is 38.5 Å². The molecule has 3 aromatic carbocycles. The van der Waals surface area contributed by atoms with Gasteiger partial charge in [0, 0.05) is 49.8 Å². The van der Waals surface area contributed by atoms with Crippen LogP contribution in [-0.2, 0) is 0 Å². The van der Waals surface area contributed by atoms with Crippen LogP contribution in [0.3, 0.4) is 0 Å². The number of fused-ring (bicyclic) bond motifs is 2. The van der Waals surface area contributed by atoms with E-state index < -0.39 is 0 Å². The number of hydrogen-bond donors (Lipinski definition) is 4. The van der Waals surface area contributed by atoms with Crippen molar-refractivity contribution in [3.63, 3.8) is 0 Å². The number of nitrogens with zero attached hydrogens (tertiary/aromatic N) is 3. The molecule has 6 amide bonds. The Bertz CT molecular complexity index is 1660. The Kier molecular flexibility index (Phi) is 14.7. The molecule has 3 aliphatic rings. The van der Waals surface area contributed by atoms with Gasteiger partial charge in [-0.3, -0.25) is 4.90 Å². The van der Waals surface area contributed by atoms with Gasteiger partial charge in [-0.25, -0.2) is 14.4 Å². The molecule has 2 bridgehead atoms.